The minimum Gasteiger partial charge on any atom is -0.208 e. The van der Waals surface area contributed by atoms with Gasteiger partial charge in [-0.3, -0.25) is 0 Å². The van der Waals surface area contributed by atoms with Crippen LogP contribution in [0.15, 0.2) is 485 Å². The van der Waals surface area contributed by atoms with Crippen molar-refractivity contribution >= 4 is 0 Å². The highest BCUT2D eigenvalue weighted by Crippen LogP contribution is 2.39. The fourth-order valence-corrected chi connectivity index (χ4v) is 16.3. The summed E-state index contributed by atoms with van der Waals surface area (Å²) in [4.78, 5) is 60.0. The van der Waals surface area contributed by atoms with Crippen molar-refractivity contribution in [3.8, 4) is 226 Å². The second-order valence-electron chi connectivity index (χ2n) is 32.0. The molecule has 0 amide bonds. The maximum Gasteiger partial charge on any atom is 0.164 e. The Kier molecular flexibility index (Phi) is 23.1. The normalized spacial score (nSPS) is 11.0. The summed E-state index contributed by atoms with van der Waals surface area (Å²) in [6, 6.07) is 166. The first-order chi connectivity index (χ1) is 65.3. The topological polar surface area (TPSA) is 155 Å². The van der Waals surface area contributed by atoms with Crippen molar-refractivity contribution in [3.63, 3.8) is 0 Å². The Morgan fingerprint density at radius 1 is 0.0682 bits per heavy atom. The molecule has 620 valence electrons. The fourth-order valence-electron chi connectivity index (χ4n) is 16.3. The van der Waals surface area contributed by atoms with E-state index in [4.69, 9.17) is 59.8 Å². The molecule has 4 heterocycles. The molecule has 0 radical (unpaired) electrons. The van der Waals surface area contributed by atoms with Gasteiger partial charge in [-0.2, -0.15) is 0 Å². The quantitative estimate of drug-likeness (QED) is 0.0713. The highest BCUT2D eigenvalue weighted by Gasteiger charge is 2.21. The Morgan fingerprint density at radius 2 is 0.159 bits per heavy atom. The lowest BCUT2D eigenvalue weighted by molar-refractivity contribution is 1.07. The molecule has 18 aromatic carbocycles. The highest BCUT2D eigenvalue weighted by molar-refractivity contribution is 5.84. The molecular weight excluding hydrogens is 1610 g/mol. The molecule has 0 aliphatic carbocycles. The van der Waals surface area contributed by atoms with Crippen molar-refractivity contribution in [3.05, 3.63) is 485 Å². The predicted octanol–water partition coefficient (Wildman–Crippen LogP) is 29.5. The summed E-state index contributed by atoms with van der Waals surface area (Å²) in [5.74, 6) is 7.40. The van der Waals surface area contributed by atoms with E-state index in [-0.39, 0.29) is 0 Å². The smallest absolute Gasteiger partial charge is 0.164 e. The lowest BCUT2D eigenvalue weighted by Gasteiger charge is -2.12. The summed E-state index contributed by atoms with van der Waals surface area (Å²) in [6.45, 7) is 0. The molecule has 22 aromatic rings. The van der Waals surface area contributed by atoms with Gasteiger partial charge in [0.2, 0.25) is 0 Å². The summed E-state index contributed by atoms with van der Waals surface area (Å²) < 4.78 is 0. The number of benzene rings is 18. The second-order valence-corrected chi connectivity index (χ2v) is 32.0. The molecule has 12 heteroatoms. The first-order valence-electron chi connectivity index (χ1n) is 43.9. The van der Waals surface area contributed by atoms with Crippen LogP contribution in [0.5, 0.6) is 0 Å². The molecule has 0 saturated carbocycles. The number of aromatic nitrogens is 12. The Labute approximate surface area is 765 Å². The van der Waals surface area contributed by atoms with E-state index < -0.39 is 0 Å². The van der Waals surface area contributed by atoms with Crippen molar-refractivity contribution in [1.82, 2.24) is 59.8 Å². The summed E-state index contributed by atoms with van der Waals surface area (Å²) in [6.07, 6.45) is 0. The number of hydrogen-bond acceptors (Lipinski definition) is 12. The van der Waals surface area contributed by atoms with Crippen LogP contribution in [0.4, 0.5) is 0 Å². The molecule has 0 aliphatic heterocycles. The first kappa shape index (κ1) is 81.1. The monoisotopic (exact) mass is 1690 g/mol. The van der Waals surface area contributed by atoms with E-state index in [2.05, 4.69) is 267 Å². The third-order valence-electron chi connectivity index (χ3n) is 23.2. The van der Waals surface area contributed by atoms with Crippen molar-refractivity contribution in [2.24, 2.45) is 0 Å². The van der Waals surface area contributed by atoms with Gasteiger partial charge in [-0.15, -0.1) is 0 Å². The zero-order chi connectivity index (χ0) is 88.1. The van der Waals surface area contributed by atoms with Crippen LogP contribution in [-0.2, 0) is 0 Å². The van der Waals surface area contributed by atoms with Gasteiger partial charge in [-0.25, -0.2) is 59.8 Å². The molecule has 0 fully saturated rings. The first-order valence-corrected chi connectivity index (χ1v) is 43.9. The summed E-state index contributed by atoms with van der Waals surface area (Å²) in [5, 5.41) is 0. The van der Waals surface area contributed by atoms with Crippen molar-refractivity contribution in [2.45, 2.75) is 0 Å². The Balaban J connectivity index is 0.000000162. The number of hydrogen-bond donors (Lipinski definition) is 0. The predicted molar refractivity (Wildman–Crippen MR) is 535 cm³/mol. The lowest BCUT2D eigenvalue weighted by atomic mass is 9.95. The molecule has 12 nitrogen and oxygen atoms in total. The van der Waals surface area contributed by atoms with E-state index in [0.717, 1.165) is 134 Å². The van der Waals surface area contributed by atoms with Crippen LogP contribution in [0.1, 0.15) is 0 Å². The highest BCUT2D eigenvalue weighted by atomic mass is 15.1. The summed E-state index contributed by atoms with van der Waals surface area (Å²) in [5.41, 5.74) is 28.8. The molecule has 0 saturated heterocycles. The minimum absolute atomic E-state index is 0.593. The van der Waals surface area contributed by atoms with Gasteiger partial charge in [-0.05, 0) is 131 Å². The molecule has 0 N–H and O–H groups in total. The van der Waals surface area contributed by atoms with Crippen LogP contribution < -0.4 is 0 Å². The molecule has 0 aliphatic rings. The maximum atomic E-state index is 5.12. The van der Waals surface area contributed by atoms with Gasteiger partial charge in [0.05, 0.1) is 0 Å². The fraction of sp³-hybridized carbons (Fsp3) is 0. The van der Waals surface area contributed by atoms with Crippen molar-refractivity contribution in [2.75, 3.05) is 0 Å². The molecule has 132 heavy (non-hydrogen) atoms. The van der Waals surface area contributed by atoms with Crippen molar-refractivity contribution in [1.29, 1.82) is 0 Å². The Bertz CT molecular complexity index is 7700. The lowest BCUT2D eigenvalue weighted by Crippen LogP contribution is -2.00. The van der Waals surface area contributed by atoms with Gasteiger partial charge in [0.1, 0.15) is 0 Å². The van der Waals surface area contributed by atoms with E-state index >= 15 is 0 Å². The van der Waals surface area contributed by atoms with Crippen LogP contribution in [0.3, 0.4) is 0 Å². The van der Waals surface area contributed by atoms with E-state index in [9.17, 15) is 0 Å². The summed E-state index contributed by atoms with van der Waals surface area (Å²) in [7, 11) is 0. The average Bonchev–Trinajstić information content (AvgIpc) is 0.795. The molecule has 22 rings (SSSR count). The maximum absolute atomic E-state index is 5.12. The van der Waals surface area contributed by atoms with Crippen LogP contribution in [0.2, 0.25) is 0 Å². The summed E-state index contributed by atoms with van der Waals surface area (Å²) >= 11 is 0. The van der Waals surface area contributed by atoms with Gasteiger partial charge < -0.3 is 0 Å². The zero-order valence-electron chi connectivity index (χ0n) is 71.6. The zero-order valence-corrected chi connectivity index (χ0v) is 71.6. The SMILES string of the molecule is c1ccc(-c2ccc(-c3ccc(-c4nc(-c5ccccc5)nc(-c5cccc(-c6cccc(-c7nc(-c8ccccc8)nc(-c8ccccc8)n7)c6)c5)n4)cc3)cc2)cc1.c1ccc(-c2cccc(-c3ccc(-c4nc(-c5ccccc5)nc(-c5cccc(-c6cccc(-c7cccc(-c8cccc(-c9nc(-c%10ccccc%10)nc(-c%10ccccc%10)n9)c8)c7)c6)c5)n4)cc3)c2)cc1. The third-order valence-corrected chi connectivity index (χ3v) is 23.2. The minimum atomic E-state index is 0.593. The molecule has 0 bridgehead atoms. The molecule has 0 spiro atoms. The van der Waals surface area contributed by atoms with Crippen LogP contribution in [0, 0.1) is 0 Å². The average molecular weight is 1690 g/mol. The Morgan fingerprint density at radius 3 is 0.333 bits per heavy atom. The van der Waals surface area contributed by atoms with Gasteiger partial charge in [0, 0.05) is 66.8 Å². The van der Waals surface area contributed by atoms with Crippen LogP contribution in [0.25, 0.3) is 226 Å². The van der Waals surface area contributed by atoms with E-state index in [1.54, 1.807) is 0 Å². The number of nitrogens with zero attached hydrogens (tertiary/aromatic N) is 12. The van der Waals surface area contributed by atoms with Crippen molar-refractivity contribution < 1.29 is 0 Å². The van der Waals surface area contributed by atoms with Gasteiger partial charge >= 0.3 is 0 Å². The second kappa shape index (κ2) is 37.7. The molecule has 0 unspecified atom stereocenters. The van der Waals surface area contributed by atoms with Gasteiger partial charge in [0.25, 0.3) is 0 Å². The van der Waals surface area contributed by atoms with Crippen LogP contribution in [-0.4, -0.2) is 59.8 Å². The van der Waals surface area contributed by atoms with Gasteiger partial charge in [0.15, 0.2) is 69.9 Å². The van der Waals surface area contributed by atoms with E-state index in [0.29, 0.717) is 69.9 Å². The van der Waals surface area contributed by atoms with Gasteiger partial charge in [-0.1, -0.05) is 443 Å². The Hall–Kier alpha value is -18.0. The molecule has 4 aromatic heterocycles. The standard InChI is InChI=1S/C66H44N6.C54H36N6/c1-5-18-45(19-6-1)51-26-13-27-52(40-51)46-36-38-50(39-37-46)64-68-63(49-24-11-4-12-25-49)71-66(72-64)60-35-17-33-58(44-60)56-31-15-29-54(42-56)53-28-14-30-55(41-53)57-32-16-34-59(43-57)65-69-61(47-20-7-2-8-21-47)67-62(70-65)48-22-9-3-10-23-48;1-5-15-37(16-6-1)38-27-29-39(30-28-38)40-31-33-44(34-32-40)52-56-51(43-21-11-4-12-22-43)59-54(60-52)48-26-14-24-46(36-48)45-23-13-25-47(35-45)53-57-49(41-17-7-2-8-18-41)55-50(58-53)42-19-9-3-10-20-42/h1-44H;1-36H. The molecular formula is C120H80N12. The number of rotatable bonds is 20. The van der Waals surface area contributed by atoms with Crippen LogP contribution >= 0.6 is 0 Å². The largest absolute Gasteiger partial charge is 0.208 e. The third kappa shape index (κ3) is 18.4. The van der Waals surface area contributed by atoms with E-state index in [1.165, 1.54) is 22.3 Å². The molecule has 0 atom stereocenters. The van der Waals surface area contributed by atoms with E-state index in [1.807, 2.05) is 218 Å².